The molecule has 0 saturated carbocycles. The van der Waals surface area contributed by atoms with Crippen LogP contribution in [0.4, 0.5) is 5.69 Å². The highest BCUT2D eigenvalue weighted by molar-refractivity contribution is 8.78. The lowest BCUT2D eigenvalue weighted by Gasteiger charge is -2.21. The van der Waals surface area contributed by atoms with Gasteiger partial charge in [0.1, 0.15) is 0 Å². The Kier molecular flexibility index (Phi) is 7.98. The van der Waals surface area contributed by atoms with Crippen molar-refractivity contribution < 1.29 is 4.79 Å². The normalized spacial score (nSPS) is 17.8. The number of carbonyl (C=O) groups is 1. The molecule has 160 valence electrons. The van der Waals surface area contributed by atoms with Crippen LogP contribution in [0.1, 0.15) is 56.2 Å². The SMILES string of the molecule is O=C(CCCCC1C=CSS1)NCCCNc1c2c(nc3ccccc13)CCCC2. The van der Waals surface area contributed by atoms with Crippen LogP contribution in [0.3, 0.4) is 0 Å². The fourth-order valence-electron chi connectivity index (χ4n) is 4.22. The second kappa shape index (κ2) is 11.1. The Bertz CT molecular complexity index is 899. The highest BCUT2D eigenvalue weighted by Crippen LogP contribution is 2.37. The molecule has 1 aliphatic carbocycles. The molecular weight excluding hydrogens is 410 g/mol. The molecule has 2 aliphatic rings. The third-order valence-electron chi connectivity index (χ3n) is 5.82. The van der Waals surface area contributed by atoms with Crippen LogP contribution in [-0.2, 0) is 17.6 Å². The number of anilines is 1. The van der Waals surface area contributed by atoms with E-state index in [0.29, 0.717) is 11.7 Å². The molecule has 2 aromatic rings. The number of aryl methyl sites for hydroxylation is 1. The quantitative estimate of drug-likeness (QED) is 0.357. The molecular formula is C24H31N3OS2. The van der Waals surface area contributed by atoms with Gasteiger partial charge in [-0.3, -0.25) is 9.78 Å². The largest absolute Gasteiger partial charge is 0.384 e. The van der Waals surface area contributed by atoms with Crippen LogP contribution in [0.2, 0.25) is 0 Å². The maximum Gasteiger partial charge on any atom is 0.219 e. The molecule has 1 aliphatic heterocycles. The van der Waals surface area contributed by atoms with Crippen molar-refractivity contribution in [1.82, 2.24) is 10.3 Å². The average molecular weight is 442 g/mol. The van der Waals surface area contributed by atoms with E-state index >= 15 is 0 Å². The molecule has 4 nitrogen and oxygen atoms in total. The molecule has 30 heavy (non-hydrogen) atoms. The van der Waals surface area contributed by atoms with Gasteiger partial charge in [0.15, 0.2) is 0 Å². The predicted octanol–water partition coefficient (Wildman–Crippen LogP) is 5.87. The van der Waals surface area contributed by atoms with E-state index in [1.165, 1.54) is 41.6 Å². The molecule has 0 radical (unpaired) electrons. The van der Waals surface area contributed by atoms with Gasteiger partial charge in [0.25, 0.3) is 0 Å². The zero-order valence-electron chi connectivity index (χ0n) is 17.5. The molecule has 0 fully saturated rings. The summed E-state index contributed by atoms with van der Waals surface area (Å²) in [4.78, 5) is 17.0. The minimum absolute atomic E-state index is 0.186. The lowest BCUT2D eigenvalue weighted by molar-refractivity contribution is -0.121. The van der Waals surface area contributed by atoms with Crippen molar-refractivity contribution in [3.8, 4) is 0 Å². The third-order valence-corrected chi connectivity index (χ3v) is 8.24. The van der Waals surface area contributed by atoms with Gasteiger partial charge in [-0.2, -0.15) is 0 Å². The van der Waals surface area contributed by atoms with Crippen LogP contribution in [0, 0.1) is 0 Å². The fraction of sp³-hybridized carbons (Fsp3) is 0.500. The molecule has 0 bridgehead atoms. The van der Waals surface area contributed by atoms with E-state index in [1.54, 1.807) is 0 Å². The third kappa shape index (κ3) is 5.73. The topological polar surface area (TPSA) is 54.0 Å². The summed E-state index contributed by atoms with van der Waals surface area (Å²) in [6.45, 7) is 1.60. The first-order valence-electron chi connectivity index (χ1n) is 11.2. The molecule has 6 heteroatoms. The van der Waals surface area contributed by atoms with Gasteiger partial charge in [-0.25, -0.2) is 0 Å². The standard InChI is InChI=1S/C24H31N3OS2/c28-23(13-6-1-8-18-14-17-29-30-18)25-15-7-16-26-24-19-9-2-4-11-21(19)27-22-12-5-3-10-20(22)24/h2,4,9,11,14,17-18H,1,3,5-8,10,12-13,15-16H2,(H,25,28)(H,26,27). The highest BCUT2D eigenvalue weighted by Gasteiger charge is 2.17. The number of benzene rings is 1. The number of para-hydroxylation sites is 1. The van der Waals surface area contributed by atoms with Gasteiger partial charge >= 0.3 is 0 Å². The Morgan fingerprint density at radius 2 is 2.00 bits per heavy atom. The van der Waals surface area contributed by atoms with Crippen molar-refractivity contribution in [1.29, 1.82) is 0 Å². The van der Waals surface area contributed by atoms with Gasteiger partial charge in [-0.05, 0) is 62.0 Å². The molecule has 1 aromatic heterocycles. The van der Waals surface area contributed by atoms with Crippen molar-refractivity contribution in [2.24, 2.45) is 0 Å². The van der Waals surface area contributed by atoms with Crippen molar-refractivity contribution >= 4 is 44.1 Å². The number of carbonyl (C=O) groups excluding carboxylic acids is 1. The summed E-state index contributed by atoms with van der Waals surface area (Å²) >= 11 is 0. The molecule has 1 atom stereocenters. The Hall–Kier alpha value is -1.66. The van der Waals surface area contributed by atoms with E-state index in [9.17, 15) is 4.79 Å². The Morgan fingerprint density at radius 3 is 2.90 bits per heavy atom. The van der Waals surface area contributed by atoms with E-state index in [1.807, 2.05) is 21.6 Å². The van der Waals surface area contributed by atoms with Gasteiger partial charge in [0, 0.05) is 41.5 Å². The van der Waals surface area contributed by atoms with E-state index in [4.69, 9.17) is 4.98 Å². The number of nitrogens with zero attached hydrogens (tertiary/aromatic N) is 1. The second-order valence-electron chi connectivity index (χ2n) is 8.07. The van der Waals surface area contributed by atoms with Gasteiger partial charge < -0.3 is 10.6 Å². The molecule has 2 heterocycles. The van der Waals surface area contributed by atoms with Crippen LogP contribution in [0.15, 0.2) is 35.7 Å². The molecule has 1 unspecified atom stereocenters. The lowest BCUT2D eigenvalue weighted by Crippen LogP contribution is -2.25. The van der Waals surface area contributed by atoms with Gasteiger partial charge in [0.2, 0.25) is 5.91 Å². The van der Waals surface area contributed by atoms with Gasteiger partial charge in [-0.1, -0.05) is 52.3 Å². The van der Waals surface area contributed by atoms with Crippen LogP contribution >= 0.6 is 21.6 Å². The summed E-state index contributed by atoms with van der Waals surface area (Å²) in [6, 6.07) is 8.42. The zero-order chi connectivity index (χ0) is 20.6. The smallest absolute Gasteiger partial charge is 0.219 e. The van der Waals surface area contributed by atoms with E-state index in [2.05, 4.69) is 46.4 Å². The van der Waals surface area contributed by atoms with Crippen molar-refractivity contribution in [2.45, 2.75) is 63.0 Å². The molecule has 1 aromatic carbocycles. The second-order valence-corrected chi connectivity index (χ2v) is 10.5. The minimum Gasteiger partial charge on any atom is -0.384 e. The van der Waals surface area contributed by atoms with E-state index in [0.717, 1.165) is 50.7 Å². The summed E-state index contributed by atoms with van der Waals surface area (Å²) < 4.78 is 0. The van der Waals surface area contributed by atoms with E-state index in [-0.39, 0.29) is 5.91 Å². The first kappa shape index (κ1) is 21.6. The number of nitrogens with one attached hydrogen (secondary N) is 2. The van der Waals surface area contributed by atoms with Crippen LogP contribution in [0.5, 0.6) is 0 Å². The maximum atomic E-state index is 12.1. The van der Waals surface area contributed by atoms with Crippen molar-refractivity contribution in [3.63, 3.8) is 0 Å². The molecule has 0 spiro atoms. The summed E-state index contributed by atoms with van der Waals surface area (Å²) in [5.41, 5.74) is 5.01. The van der Waals surface area contributed by atoms with E-state index < -0.39 is 0 Å². The average Bonchev–Trinajstić information content (AvgIpc) is 3.29. The monoisotopic (exact) mass is 441 g/mol. The zero-order valence-corrected chi connectivity index (χ0v) is 19.1. The molecule has 4 rings (SSSR count). The summed E-state index contributed by atoms with van der Waals surface area (Å²) in [5.74, 6) is 0.186. The first-order valence-corrected chi connectivity index (χ1v) is 13.5. The van der Waals surface area contributed by atoms with Crippen LogP contribution in [0.25, 0.3) is 10.9 Å². The Labute approximate surface area is 187 Å². The number of amides is 1. The maximum absolute atomic E-state index is 12.1. The number of unbranched alkanes of at least 4 members (excludes halogenated alkanes) is 1. The molecule has 0 saturated heterocycles. The van der Waals surface area contributed by atoms with Crippen LogP contribution in [-0.4, -0.2) is 29.2 Å². The van der Waals surface area contributed by atoms with Gasteiger partial charge in [0.05, 0.1) is 5.52 Å². The molecule has 2 N–H and O–H groups in total. The predicted molar refractivity (Wildman–Crippen MR) is 131 cm³/mol. The number of pyridine rings is 1. The Morgan fingerprint density at radius 1 is 1.10 bits per heavy atom. The highest BCUT2D eigenvalue weighted by atomic mass is 33.1. The van der Waals surface area contributed by atoms with Crippen molar-refractivity contribution in [3.05, 3.63) is 47.0 Å². The summed E-state index contributed by atoms with van der Waals surface area (Å²) in [7, 11) is 3.74. The van der Waals surface area contributed by atoms with Crippen molar-refractivity contribution in [2.75, 3.05) is 18.4 Å². The number of hydrogen-bond donors (Lipinski definition) is 2. The first-order chi connectivity index (χ1) is 14.8. The number of aromatic nitrogens is 1. The lowest BCUT2D eigenvalue weighted by atomic mass is 9.92. The molecule has 1 amide bonds. The fourth-order valence-corrected chi connectivity index (χ4v) is 6.48. The summed E-state index contributed by atoms with van der Waals surface area (Å²) in [6.07, 6.45) is 11.8. The Balaban J connectivity index is 1.20. The number of rotatable bonds is 10. The minimum atomic E-state index is 0.186. The summed E-state index contributed by atoms with van der Waals surface area (Å²) in [5, 5.41) is 10.8. The van der Waals surface area contributed by atoms with Crippen LogP contribution < -0.4 is 10.6 Å². The number of fused-ring (bicyclic) bond motifs is 2. The number of hydrogen-bond acceptors (Lipinski definition) is 5. The van der Waals surface area contributed by atoms with Gasteiger partial charge in [-0.15, -0.1) is 0 Å².